The molecule has 1 fully saturated rings. The smallest absolute Gasteiger partial charge is 0.276 e. The normalized spacial score (nSPS) is 17.5. The Morgan fingerprint density at radius 2 is 1.76 bits per heavy atom. The van der Waals surface area contributed by atoms with E-state index < -0.39 is 6.04 Å². The van der Waals surface area contributed by atoms with Crippen molar-refractivity contribution in [2.45, 2.75) is 45.1 Å². The van der Waals surface area contributed by atoms with Crippen LogP contribution in [0, 0.1) is 0 Å². The Labute approximate surface area is 240 Å². The van der Waals surface area contributed by atoms with Crippen molar-refractivity contribution in [3.05, 3.63) is 82.3 Å². The monoisotopic (exact) mass is 551 g/mol. The van der Waals surface area contributed by atoms with Crippen LogP contribution in [0.15, 0.2) is 65.6 Å². The molecule has 0 saturated carbocycles. The molecule has 1 unspecified atom stereocenters. The van der Waals surface area contributed by atoms with Crippen LogP contribution in [0.1, 0.15) is 49.8 Å². The fourth-order valence-corrected chi connectivity index (χ4v) is 6.22. The van der Waals surface area contributed by atoms with Gasteiger partial charge in [0.1, 0.15) is 17.4 Å². The van der Waals surface area contributed by atoms with Gasteiger partial charge in [0.25, 0.3) is 5.56 Å². The molecule has 6 rings (SSSR count). The summed E-state index contributed by atoms with van der Waals surface area (Å²) in [6.45, 7) is 7.50. The lowest BCUT2D eigenvalue weighted by molar-refractivity contribution is -0.121. The van der Waals surface area contributed by atoms with Gasteiger partial charge >= 0.3 is 0 Å². The van der Waals surface area contributed by atoms with Crippen molar-refractivity contribution < 1.29 is 4.79 Å². The Morgan fingerprint density at radius 1 is 1.02 bits per heavy atom. The predicted molar refractivity (Wildman–Crippen MR) is 165 cm³/mol. The number of carbonyl (C=O) groups excluding carboxylic acids is 1. The summed E-state index contributed by atoms with van der Waals surface area (Å²) in [5, 5.41) is 7.45. The Kier molecular flexibility index (Phi) is 7.45. The molecule has 1 atom stereocenters. The van der Waals surface area contributed by atoms with Gasteiger partial charge in [0.15, 0.2) is 0 Å². The maximum Gasteiger partial charge on any atom is 0.276 e. The second-order valence-electron chi connectivity index (χ2n) is 10.9. The fourth-order valence-electron chi connectivity index (χ4n) is 6.22. The largest absolute Gasteiger partial charge is 0.368 e. The molecule has 0 aliphatic carbocycles. The SMILES string of the molecule is CCN(CC)c1cc2cnc(Nc3ccc(C4CCNCC4)cc3)nc2n(C2Cc3ccccc3N(C)C2=O)c1=O. The molecule has 4 aromatic rings. The van der Waals surface area contributed by atoms with E-state index in [-0.39, 0.29) is 11.5 Å². The molecule has 1 amide bonds. The Bertz CT molecular complexity index is 1620. The summed E-state index contributed by atoms with van der Waals surface area (Å²) in [5.41, 5.74) is 4.89. The molecule has 2 aromatic heterocycles. The molecule has 9 heteroatoms. The number of aromatic nitrogens is 3. The quantitative estimate of drug-likeness (QED) is 0.346. The van der Waals surface area contributed by atoms with Crippen molar-refractivity contribution in [1.29, 1.82) is 0 Å². The van der Waals surface area contributed by atoms with Gasteiger partial charge in [-0.2, -0.15) is 4.98 Å². The van der Waals surface area contributed by atoms with Crippen LogP contribution in [-0.2, 0) is 11.2 Å². The maximum absolute atomic E-state index is 14.1. The number of anilines is 4. The summed E-state index contributed by atoms with van der Waals surface area (Å²) in [6, 6.07) is 17.4. The Balaban J connectivity index is 1.41. The molecule has 2 N–H and O–H groups in total. The molecule has 4 heterocycles. The highest BCUT2D eigenvalue weighted by Gasteiger charge is 2.34. The van der Waals surface area contributed by atoms with E-state index in [2.05, 4.69) is 39.9 Å². The average molecular weight is 552 g/mol. The highest BCUT2D eigenvalue weighted by molar-refractivity contribution is 5.99. The zero-order chi connectivity index (χ0) is 28.5. The number of nitrogens with zero attached hydrogens (tertiary/aromatic N) is 5. The van der Waals surface area contributed by atoms with E-state index in [1.807, 2.05) is 49.1 Å². The molecule has 0 spiro atoms. The van der Waals surface area contributed by atoms with Crippen LogP contribution in [0.5, 0.6) is 0 Å². The van der Waals surface area contributed by atoms with Crippen LogP contribution < -0.4 is 26.0 Å². The van der Waals surface area contributed by atoms with Gasteiger partial charge in [-0.1, -0.05) is 30.3 Å². The minimum atomic E-state index is -0.715. The summed E-state index contributed by atoms with van der Waals surface area (Å²) in [6.07, 6.45) is 4.45. The second kappa shape index (κ2) is 11.3. The summed E-state index contributed by atoms with van der Waals surface area (Å²) in [5.74, 6) is 0.825. The van der Waals surface area contributed by atoms with Gasteiger partial charge in [-0.3, -0.25) is 14.2 Å². The van der Waals surface area contributed by atoms with Gasteiger partial charge in [0.2, 0.25) is 11.9 Å². The zero-order valence-corrected chi connectivity index (χ0v) is 23.9. The van der Waals surface area contributed by atoms with Crippen molar-refractivity contribution in [2.75, 3.05) is 48.3 Å². The third kappa shape index (κ3) is 5.06. The number of hydrogen-bond donors (Lipinski definition) is 2. The summed E-state index contributed by atoms with van der Waals surface area (Å²) >= 11 is 0. The van der Waals surface area contributed by atoms with Crippen LogP contribution >= 0.6 is 0 Å². The first-order valence-electron chi connectivity index (χ1n) is 14.6. The van der Waals surface area contributed by atoms with Crippen molar-refractivity contribution in [3.63, 3.8) is 0 Å². The van der Waals surface area contributed by atoms with E-state index in [1.54, 1.807) is 22.7 Å². The number of likely N-dealkylation sites (N-methyl/N-ethyl adjacent to an activating group) is 1. The van der Waals surface area contributed by atoms with Crippen LogP contribution in [0.3, 0.4) is 0 Å². The molecule has 1 saturated heterocycles. The fraction of sp³-hybridized carbons (Fsp3) is 0.375. The lowest BCUT2D eigenvalue weighted by Crippen LogP contribution is -2.44. The molecular formula is C32H37N7O2. The molecule has 2 aromatic carbocycles. The summed E-state index contributed by atoms with van der Waals surface area (Å²) in [7, 11) is 1.77. The molecular weight excluding hydrogens is 514 g/mol. The Morgan fingerprint density at radius 3 is 2.49 bits per heavy atom. The maximum atomic E-state index is 14.1. The molecule has 2 aliphatic heterocycles. The van der Waals surface area contributed by atoms with Crippen molar-refractivity contribution in [1.82, 2.24) is 19.9 Å². The molecule has 212 valence electrons. The third-order valence-corrected chi connectivity index (χ3v) is 8.53. The van der Waals surface area contributed by atoms with E-state index in [4.69, 9.17) is 4.98 Å². The predicted octanol–water partition coefficient (Wildman–Crippen LogP) is 4.61. The molecule has 0 radical (unpaired) electrons. The van der Waals surface area contributed by atoms with Gasteiger partial charge in [0.05, 0.1) is 0 Å². The number of nitrogens with one attached hydrogen (secondary N) is 2. The molecule has 41 heavy (non-hydrogen) atoms. The number of para-hydroxylation sites is 1. The van der Waals surface area contributed by atoms with E-state index >= 15 is 0 Å². The van der Waals surface area contributed by atoms with E-state index in [9.17, 15) is 9.59 Å². The lowest BCUT2D eigenvalue weighted by atomic mass is 9.90. The van der Waals surface area contributed by atoms with Gasteiger partial charge in [0, 0.05) is 49.5 Å². The van der Waals surface area contributed by atoms with E-state index in [1.165, 1.54) is 5.56 Å². The van der Waals surface area contributed by atoms with Crippen molar-refractivity contribution in [3.8, 4) is 0 Å². The molecule has 0 bridgehead atoms. The van der Waals surface area contributed by atoms with Crippen LogP contribution in [0.4, 0.5) is 23.0 Å². The van der Waals surface area contributed by atoms with Crippen molar-refractivity contribution >= 4 is 40.0 Å². The first-order chi connectivity index (χ1) is 20.0. The first-order valence-corrected chi connectivity index (χ1v) is 14.6. The summed E-state index contributed by atoms with van der Waals surface area (Å²) in [4.78, 5) is 40.9. The molecule has 9 nitrogen and oxygen atoms in total. The number of amides is 1. The highest BCUT2D eigenvalue weighted by atomic mass is 16.2. The number of pyridine rings is 1. The van der Waals surface area contributed by atoms with Crippen LogP contribution in [0.2, 0.25) is 0 Å². The average Bonchev–Trinajstić information content (AvgIpc) is 3.01. The van der Waals surface area contributed by atoms with Gasteiger partial charge in [-0.15, -0.1) is 0 Å². The van der Waals surface area contributed by atoms with Crippen molar-refractivity contribution in [2.24, 2.45) is 0 Å². The first kappa shape index (κ1) is 27.0. The number of carbonyl (C=O) groups is 1. The minimum absolute atomic E-state index is 0.134. The van der Waals surface area contributed by atoms with E-state index in [0.717, 1.165) is 42.9 Å². The topological polar surface area (TPSA) is 95.4 Å². The number of rotatable bonds is 7. The number of fused-ring (bicyclic) bond motifs is 2. The second-order valence-corrected chi connectivity index (χ2v) is 10.9. The minimum Gasteiger partial charge on any atom is -0.368 e. The summed E-state index contributed by atoms with van der Waals surface area (Å²) < 4.78 is 1.59. The van der Waals surface area contributed by atoms with Gasteiger partial charge in [-0.25, -0.2) is 4.98 Å². The lowest BCUT2D eigenvalue weighted by Gasteiger charge is -2.33. The number of hydrogen-bond acceptors (Lipinski definition) is 7. The van der Waals surface area contributed by atoms with Gasteiger partial charge in [-0.05, 0) is 81.1 Å². The number of benzene rings is 2. The number of piperidine rings is 1. The standard InChI is InChI=1S/C32H37N7O2/c1-4-38(5-2)27-19-24-20-34-32(35-25-12-10-21(11-13-25)22-14-16-33-17-15-22)36-29(24)39(31(27)41)28-18-23-8-6-7-9-26(23)37(3)30(28)40/h6-13,19-20,22,28,33H,4-5,14-18H2,1-3H3,(H,34,35,36). The van der Waals surface area contributed by atoms with Gasteiger partial charge < -0.3 is 20.4 Å². The highest BCUT2D eigenvalue weighted by Crippen LogP contribution is 2.33. The Hall–Kier alpha value is -4.24. The zero-order valence-electron chi connectivity index (χ0n) is 23.9. The van der Waals surface area contributed by atoms with E-state index in [0.29, 0.717) is 48.1 Å². The van der Waals surface area contributed by atoms with Crippen LogP contribution in [0.25, 0.3) is 11.0 Å². The van der Waals surface area contributed by atoms with Crippen LogP contribution in [-0.4, -0.2) is 53.7 Å². The third-order valence-electron chi connectivity index (χ3n) is 8.53. The molecule has 2 aliphatic rings.